The van der Waals surface area contributed by atoms with Crippen molar-refractivity contribution in [3.63, 3.8) is 0 Å². The van der Waals surface area contributed by atoms with E-state index in [0.29, 0.717) is 13.1 Å². The van der Waals surface area contributed by atoms with Crippen molar-refractivity contribution in [3.8, 4) is 11.5 Å². The minimum Gasteiger partial charge on any atom is -0.454 e. The molecule has 0 bridgehead atoms. The molecule has 2 N–H and O–H groups in total. The third-order valence-corrected chi connectivity index (χ3v) is 4.40. The van der Waals surface area contributed by atoms with Gasteiger partial charge in [0, 0.05) is 20.1 Å². The average Bonchev–Trinajstić information content (AvgIpc) is 2.97. The van der Waals surface area contributed by atoms with Gasteiger partial charge in [0.15, 0.2) is 11.5 Å². The first kappa shape index (κ1) is 18.6. The summed E-state index contributed by atoms with van der Waals surface area (Å²) in [4.78, 5) is 14.4. The van der Waals surface area contributed by atoms with Crippen molar-refractivity contribution in [2.45, 2.75) is 33.2 Å². The minimum atomic E-state index is -0.453. The van der Waals surface area contributed by atoms with Gasteiger partial charge in [-0.1, -0.05) is 19.9 Å². The van der Waals surface area contributed by atoms with E-state index in [0.717, 1.165) is 29.9 Å². The van der Waals surface area contributed by atoms with Gasteiger partial charge in [0.2, 0.25) is 12.7 Å². The maximum absolute atomic E-state index is 12.7. The molecule has 22 heavy (non-hydrogen) atoms. The van der Waals surface area contributed by atoms with Crippen LogP contribution in [0.4, 0.5) is 0 Å². The molecule has 1 amide bonds. The lowest BCUT2D eigenvalue weighted by Gasteiger charge is -2.33. The molecule has 0 aliphatic carbocycles. The Morgan fingerprint density at radius 1 is 1.27 bits per heavy atom. The lowest BCUT2D eigenvalue weighted by Crippen LogP contribution is -2.45. The molecule has 0 unspecified atom stereocenters. The summed E-state index contributed by atoms with van der Waals surface area (Å²) < 4.78 is 10.7. The average molecular weight is 329 g/mol. The molecule has 0 fully saturated rings. The first-order chi connectivity index (χ1) is 10.1. The normalized spacial score (nSPS) is 12.7. The fourth-order valence-corrected chi connectivity index (χ4v) is 2.72. The first-order valence-corrected chi connectivity index (χ1v) is 7.40. The van der Waals surface area contributed by atoms with Crippen LogP contribution in [0.3, 0.4) is 0 Å². The van der Waals surface area contributed by atoms with Crippen molar-refractivity contribution in [2.75, 3.05) is 20.4 Å². The smallest absolute Gasteiger partial charge is 0.231 e. The minimum absolute atomic E-state index is 0. The predicted octanol–water partition coefficient (Wildman–Crippen LogP) is 2.56. The molecule has 6 heteroatoms. The summed E-state index contributed by atoms with van der Waals surface area (Å²) in [5.74, 6) is 1.60. The van der Waals surface area contributed by atoms with Crippen molar-refractivity contribution in [1.29, 1.82) is 0 Å². The van der Waals surface area contributed by atoms with Crippen LogP contribution < -0.4 is 15.2 Å². The van der Waals surface area contributed by atoms with Gasteiger partial charge >= 0.3 is 0 Å². The Morgan fingerprint density at radius 2 is 1.91 bits per heavy atom. The number of rotatable bonds is 6. The Hall–Kier alpha value is -1.46. The standard InChI is InChI=1S/C16H24N2O3.ClH/c1-4-16(5-2,10-17)15(19)18(3)9-12-6-7-13-14(8-12)21-11-20-13;/h6-8H,4-5,9-11,17H2,1-3H3;1H. The van der Waals surface area contributed by atoms with Gasteiger partial charge < -0.3 is 20.1 Å². The number of halogens is 1. The zero-order valence-corrected chi connectivity index (χ0v) is 14.2. The van der Waals surface area contributed by atoms with Crippen LogP contribution >= 0.6 is 12.4 Å². The Kier molecular flexibility index (Phi) is 6.50. The molecule has 1 aliphatic heterocycles. The summed E-state index contributed by atoms with van der Waals surface area (Å²) in [7, 11) is 1.82. The van der Waals surface area contributed by atoms with Crippen LogP contribution in [0, 0.1) is 5.41 Å². The zero-order chi connectivity index (χ0) is 15.5. The second-order valence-corrected chi connectivity index (χ2v) is 5.54. The van der Waals surface area contributed by atoms with E-state index in [4.69, 9.17) is 15.2 Å². The molecule has 5 nitrogen and oxygen atoms in total. The summed E-state index contributed by atoms with van der Waals surface area (Å²) in [6.45, 7) is 5.21. The Morgan fingerprint density at radius 3 is 2.50 bits per heavy atom. The molecular formula is C16H25ClN2O3. The quantitative estimate of drug-likeness (QED) is 0.871. The fourth-order valence-electron chi connectivity index (χ4n) is 2.72. The predicted molar refractivity (Wildman–Crippen MR) is 88.4 cm³/mol. The van der Waals surface area contributed by atoms with Crippen LogP contribution in [-0.4, -0.2) is 31.2 Å². The van der Waals surface area contributed by atoms with Gasteiger partial charge in [0.25, 0.3) is 0 Å². The number of fused-ring (bicyclic) bond motifs is 1. The van der Waals surface area contributed by atoms with Crippen LogP contribution in [0.2, 0.25) is 0 Å². The number of ether oxygens (including phenoxy) is 2. The van der Waals surface area contributed by atoms with Gasteiger partial charge in [0.05, 0.1) is 5.41 Å². The number of carbonyl (C=O) groups is 1. The second kappa shape index (κ2) is 7.70. The van der Waals surface area contributed by atoms with E-state index in [2.05, 4.69) is 0 Å². The maximum Gasteiger partial charge on any atom is 0.231 e. The fraction of sp³-hybridized carbons (Fsp3) is 0.562. The Balaban J connectivity index is 0.00000242. The van der Waals surface area contributed by atoms with Crippen LogP contribution in [0.1, 0.15) is 32.3 Å². The highest BCUT2D eigenvalue weighted by atomic mass is 35.5. The van der Waals surface area contributed by atoms with E-state index < -0.39 is 5.41 Å². The highest BCUT2D eigenvalue weighted by Crippen LogP contribution is 2.33. The Bertz CT molecular complexity index is 510. The summed E-state index contributed by atoms with van der Waals surface area (Å²) in [6.07, 6.45) is 1.51. The number of nitrogens with zero attached hydrogens (tertiary/aromatic N) is 1. The molecule has 1 aliphatic rings. The second-order valence-electron chi connectivity index (χ2n) is 5.54. The van der Waals surface area contributed by atoms with Gasteiger partial charge in [-0.15, -0.1) is 12.4 Å². The molecule has 0 aromatic heterocycles. The number of hydrogen-bond donors (Lipinski definition) is 1. The number of carbonyl (C=O) groups excluding carboxylic acids is 1. The highest BCUT2D eigenvalue weighted by molar-refractivity contribution is 5.85. The summed E-state index contributed by atoms with van der Waals surface area (Å²) in [5, 5.41) is 0. The van der Waals surface area contributed by atoms with Crippen molar-refractivity contribution in [1.82, 2.24) is 4.90 Å². The topological polar surface area (TPSA) is 64.8 Å². The molecule has 0 radical (unpaired) electrons. The largest absolute Gasteiger partial charge is 0.454 e. The SMILES string of the molecule is CCC(CC)(CN)C(=O)N(C)Cc1ccc2c(c1)OCO2.Cl. The number of nitrogens with two attached hydrogens (primary N) is 1. The third-order valence-electron chi connectivity index (χ3n) is 4.40. The lowest BCUT2D eigenvalue weighted by atomic mass is 9.81. The molecule has 1 heterocycles. The first-order valence-electron chi connectivity index (χ1n) is 7.40. The van der Waals surface area contributed by atoms with Gasteiger partial charge in [-0.2, -0.15) is 0 Å². The summed E-state index contributed by atoms with van der Waals surface area (Å²) >= 11 is 0. The molecule has 2 rings (SSSR count). The van der Waals surface area contributed by atoms with Crippen LogP contribution in [0.5, 0.6) is 11.5 Å². The number of benzene rings is 1. The number of amides is 1. The van der Waals surface area contributed by atoms with E-state index in [1.807, 2.05) is 39.1 Å². The van der Waals surface area contributed by atoms with Crippen molar-refractivity contribution >= 4 is 18.3 Å². The zero-order valence-electron chi connectivity index (χ0n) is 13.4. The highest BCUT2D eigenvalue weighted by Gasteiger charge is 2.35. The van der Waals surface area contributed by atoms with Crippen LogP contribution in [-0.2, 0) is 11.3 Å². The summed E-state index contributed by atoms with van der Waals surface area (Å²) in [5.41, 5.74) is 6.42. The molecule has 0 spiro atoms. The van der Waals surface area contributed by atoms with E-state index in [9.17, 15) is 4.79 Å². The van der Waals surface area contributed by atoms with E-state index >= 15 is 0 Å². The third kappa shape index (κ3) is 3.47. The monoisotopic (exact) mass is 328 g/mol. The van der Waals surface area contributed by atoms with Gasteiger partial charge in [-0.05, 0) is 30.5 Å². The summed E-state index contributed by atoms with van der Waals surface area (Å²) in [6, 6.07) is 5.76. The van der Waals surface area contributed by atoms with E-state index in [1.165, 1.54) is 0 Å². The molecule has 1 aromatic rings. The molecule has 0 saturated carbocycles. The maximum atomic E-state index is 12.7. The van der Waals surface area contributed by atoms with Crippen molar-refractivity contribution in [3.05, 3.63) is 23.8 Å². The van der Waals surface area contributed by atoms with Crippen molar-refractivity contribution in [2.24, 2.45) is 11.1 Å². The van der Waals surface area contributed by atoms with E-state index in [-0.39, 0.29) is 25.1 Å². The lowest BCUT2D eigenvalue weighted by molar-refractivity contribution is -0.141. The Labute approximate surface area is 138 Å². The number of hydrogen-bond acceptors (Lipinski definition) is 4. The molecule has 124 valence electrons. The molecule has 0 atom stereocenters. The van der Waals surface area contributed by atoms with Gasteiger partial charge in [-0.25, -0.2) is 0 Å². The van der Waals surface area contributed by atoms with Gasteiger partial charge in [0.1, 0.15) is 0 Å². The van der Waals surface area contributed by atoms with E-state index in [1.54, 1.807) is 4.90 Å². The van der Waals surface area contributed by atoms with Crippen LogP contribution in [0.25, 0.3) is 0 Å². The molecule has 1 aromatic carbocycles. The van der Waals surface area contributed by atoms with Crippen molar-refractivity contribution < 1.29 is 14.3 Å². The van der Waals surface area contributed by atoms with Crippen LogP contribution in [0.15, 0.2) is 18.2 Å². The molecule has 0 saturated heterocycles. The molecular weight excluding hydrogens is 304 g/mol. The van der Waals surface area contributed by atoms with Gasteiger partial charge in [-0.3, -0.25) is 4.79 Å².